The number of hydrogen-bond donors (Lipinski definition) is 0. The van der Waals surface area contributed by atoms with Gasteiger partial charge in [-0.15, -0.1) is 0 Å². The minimum atomic E-state index is 0.713. The average molecular weight is 198 g/mol. The number of isothiocyanates is 1. The second-order valence-corrected chi connectivity index (χ2v) is 3.18. The lowest BCUT2D eigenvalue weighted by Crippen LogP contribution is -1.79. The van der Waals surface area contributed by atoms with Crippen molar-refractivity contribution < 1.29 is 0 Å². The van der Waals surface area contributed by atoms with Crippen LogP contribution in [-0.2, 0) is 0 Å². The molecule has 0 atom stereocenters. The number of aliphatic imine (C=N–C) groups is 1. The molecule has 0 unspecified atom stereocenters. The Bertz CT molecular complexity index is 354. The van der Waals surface area contributed by atoms with Crippen LogP contribution in [0, 0.1) is 13.8 Å². The van der Waals surface area contributed by atoms with Gasteiger partial charge < -0.3 is 0 Å². The predicted octanol–water partition coefficient (Wildman–Crippen LogP) is 3.69. The number of benzene rings is 1. The van der Waals surface area contributed by atoms with E-state index in [4.69, 9.17) is 11.6 Å². The summed E-state index contributed by atoms with van der Waals surface area (Å²) in [7, 11) is 0. The fourth-order valence-corrected chi connectivity index (χ4v) is 1.24. The van der Waals surface area contributed by atoms with Crippen LogP contribution in [-0.4, -0.2) is 5.16 Å². The van der Waals surface area contributed by atoms with E-state index in [2.05, 4.69) is 22.4 Å². The Morgan fingerprint density at radius 3 is 2.58 bits per heavy atom. The Labute approximate surface area is 82.1 Å². The molecule has 0 aromatic heterocycles. The van der Waals surface area contributed by atoms with E-state index in [0.717, 1.165) is 16.8 Å². The molecule has 0 heterocycles. The van der Waals surface area contributed by atoms with Crippen molar-refractivity contribution in [3.05, 3.63) is 28.3 Å². The molecular formula is C9H8ClNS. The molecule has 0 saturated heterocycles. The number of hydrogen-bond acceptors (Lipinski definition) is 2. The Balaban J connectivity index is 3.32. The van der Waals surface area contributed by atoms with Crippen molar-refractivity contribution in [3.8, 4) is 0 Å². The summed E-state index contributed by atoms with van der Waals surface area (Å²) < 4.78 is 0. The second kappa shape index (κ2) is 3.81. The molecule has 1 rings (SSSR count). The minimum Gasteiger partial charge on any atom is -0.194 e. The van der Waals surface area contributed by atoms with E-state index in [-0.39, 0.29) is 0 Å². The molecule has 0 radical (unpaired) electrons. The fourth-order valence-electron chi connectivity index (χ4n) is 0.985. The first-order valence-corrected chi connectivity index (χ1v) is 4.28. The monoisotopic (exact) mass is 197 g/mol. The number of nitrogens with zero attached hydrogens (tertiary/aromatic N) is 1. The summed E-state index contributed by atoms with van der Waals surface area (Å²) in [6.45, 7) is 3.93. The van der Waals surface area contributed by atoms with Gasteiger partial charge in [-0.3, -0.25) is 0 Å². The molecular weight excluding hydrogens is 190 g/mol. The maximum Gasteiger partial charge on any atom is 0.0783 e. The van der Waals surface area contributed by atoms with Gasteiger partial charge in [-0.1, -0.05) is 17.7 Å². The molecule has 0 N–H and O–H groups in total. The molecule has 0 amide bonds. The summed E-state index contributed by atoms with van der Waals surface area (Å²) in [4.78, 5) is 3.89. The molecule has 0 aliphatic carbocycles. The van der Waals surface area contributed by atoms with Gasteiger partial charge in [-0.2, -0.15) is 4.99 Å². The molecule has 1 aromatic carbocycles. The van der Waals surface area contributed by atoms with Crippen LogP contribution < -0.4 is 0 Å². The van der Waals surface area contributed by atoms with Crippen LogP contribution in [0.2, 0.25) is 5.02 Å². The smallest absolute Gasteiger partial charge is 0.0783 e. The highest BCUT2D eigenvalue weighted by molar-refractivity contribution is 7.78. The van der Waals surface area contributed by atoms with Crippen molar-refractivity contribution in [2.75, 3.05) is 0 Å². The molecule has 0 saturated carbocycles. The standard InChI is InChI=1S/C9H8ClNS/c1-6-3-7(2)9(11-5-12)4-8(6)10/h3-4H,1-2H3. The summed E-state index contributed by atoms with van der Waals surface area (Å²) in [5.74, 6) is 0. The lowest BCUT2D eigenvalue weighted by Gasteiger charge is -2.02. The Kier molecular flexibility index (Phi) is 2.99. The van der Waals surface area contributed by atoms with Gasteiger partial charge in [0.25, 0.3) is 0 Å². The van der Waals surface area contributed by atoms with Crippen LogP contribution in [0.15, 0.2) is 17.1 Å². The van der Waals surface area contributed by atoms with E-state index in [1.807, 2.05) is 19.9 Å². The molecule has 12 heavy (non-hydrogen) atoms. The third kappa shape index (κ3) is 1.92. The van der Waals surface area contributed by atoms with Crippen LogP contribution in [0.3, 0.4) is 0 Å². The molecule has 62 valence electrons. The molecule has 0 aliphatic heterocycles. The normalized spacial score (nSPS) is 9.25. The lowest BCUT2D eigenvalue weighted by atomic mass is 10.1. The summed E-state index contributed by atoms with van der Waals surface area (Å²) >= 11 is 10.4. The van der Waals surface area contributed by atoms with Gasteiger partial charge in [0.05, 0.1) is 10.8 Å². The zero-order valence-corrected chi connectivity index (χ0v) is 8.46. The largest absolute Gasteiger partial charge is 0.194 e. The maximum atomic E-state index is 5.90. The summed E-state index contributed by atoms with van der Waals surface area (Å²) in [6.07, 6.45) is 0. The highest BCUT2D eigenvalue weighted by atomic mass is 35.5. The van der Waals surface area contributed by atoms with Gasteiger partial charge in [0.2, 0.25) is 0 Å². The first-order valence-electron chi connectivity index (χ1n) is 3.50. The highest BCUT2D eigenvalue weighted by Gasteiger charge is 2.00. The van der Waals surface area contributed by atoms with Gasteiger partial charge in [0.1, 0.15) is 0 Å². The average Bonchev–Trinajstić information content (AvgIpc) is 2.01. The molecule has 3 heteroatoms. The number of aryl methyl sites for hydroxylation is 2. The number of thiocarbonyl (C=S) groups is 1. The van der Waals surface area contributed by atoms with Crippen LogP contribution >= 0.6 is 23.8 Å². The molecule has 0 fully saturated rings. The zero-order chi connectivity index (χ0) is 9.14. The van der Waals surface area contributed by atoms with E-state index in [9.17, 15) is 0 Å². The van der Waals surface area contributed by atoms with Crippen LogP contribution in [0.25, 0.3) is 0 Å². The first kappa shape index (κ1) is 9.40. The SMILES string of the molecule is Cc1cc(C)c(N=C=S)cc1Cl. The summed E-state index contributed by atoms with van der Waals surface area (Å²) in [5.41, 5.74) is 2.91. The van der Waals surface area contributed by atoms with Crippen molar-refractivity contribution in [3.63, 3.8) is 0 Å². The van der Waals surface area contributed by atoms with Gasteiger partial charge in [0.15, 0.2) is 0 Å². The van der Waals surface area contributed by atoms with E-state index < -0.39 is 0 Å². The van der Waals surface area contributed by atoms with Gasteiger partial charge in [-0.25, -0.2) is 0 Å². The Morgan fingerprint density at radius 1 is 1.33 bits per heavy atom. The Hall–Kier alpha value is -0.690. The van der Waals surface area contributed by atoms with E-state index in [1.165, 1.54) is 0 Å². The summed E-state index contributed by atoms with van der Waals surface area (Å²) in [5, 5.41) is 3.03. The van der Waals surface area contributed by atoms with Gasteiger partial charge in [0, 0.05) is 5.02 Å². The second-order valence-electron chi connectivity index (χ2n) is 2.59. The third-order valence-electron chi connectivity index (χ3n) is 1.64. The maximum absolute atomic E-state index is 5.90. The third-order valence-corrected chi connectivity index (χ3v) is 2.14. The van der Waals surface area contributed by atoms with Gasteiger partial charge in [-0.05, 0) is 43.3 Å². The number of halogens is 1. The lowest BCUT2D eigenvalue weighted by molar-refractivity contribution is 1.35. The topological polar surface area (TPSA) is 12.4 Å². The number of rotatable bonds is 1. The molecule has 1 aromatic rings. The van der Waals surface area contributed by atoms with Crippen molar-refractivity contribution in [2.45, 2.75) is 13.8 Å². The highest BCUT2D eigenvalue weighted by Crippen LogP contribution is 2.25. The predicted molar refractivity (Wildman–Crippen MR) is 55.6 cm³/mol. The fraction of sp³-hybridized carbons (Fsp3) is 0.222. The molecule has 1 nitrogen and oxygen atoms in total. The van der Waals surface area contributed by atoms with Crippen LogP contribution in [0.4, 0.5) is 5.69 Å². The minimum absolute atomic E-state index is 0.713. The molecule has 0 spiro atoms. The zero-order valence-electron chi connectivity index (χ0n) is 6.89. The molecule has 0 aliphatic rings. The van der Waals surface area contributed by atoms with Crippen LogP contribution in [0.5, 0.6) is 0 Å². The van der Waals surface area contributed by atoms with Crippen molar-refractivity contribution >= 4 is 34.7 Å². The van der Waals surface area contributed by atoms with E-state index in [1.54, 1.807) is 6.07 Å². The van der Waals surface area contributed by atoms with E-state index >= 15 is 0 Å². The summed E-state index contributed by atoms with van der Waals surface area (Å²) in [6, 6.07) is 3.78. The van der Waals surface area contributed by atoms with Crippen molar-refractivity contribution in [2.24, 2.45) is 4.99 Å². The molecule has 0 bridgehead atoms. The van der Waals surface area contributed by atoms with Gasteiger partial charge >= 0.3 is 0 Å². The quantitative estimate of drug-likeness (QED) is 0.494. The van der Waals surface area contributed by atoms with Crippen LogP contribution in [0.1, 0.15) is 11.1 Å². The van der Waals surface area contributed by atoms with E-state index in [0.29, 0.717) is 5.02 Å². The first-order chi connectivity index (χ1) is 5.65. The Morgan fingerprint density at radius 2 is 2.00 bits per heavy atom. The van der Waals surface area contributed by atoms with Crippen molar-refractivity contribution in [1.82, 2.24) is 0 Å². The van der Waals surface area contributed by atoms with Crippen molar-refractivity contribution in [1.29, 1.82) is 0 Å².